The van der Waals surface area contributed by atoms with E-state index in [-0.39, 0.29) is 0 Å². The molecule has 1 aromatic carbocycles. The van der Waals surface area contributed by atoms with Gasteiger partial charge in [0.15, 0.2) is 24.8 Å². The molecule has 1 aliphatic rings. The van der Waals surface area contributed by atoms with Crippen molar-refractivity contribution in [3.63, 3.8) is 0 Å². The van der Waals surface area contributed by atoms with Crippen LogP contribution in [0, 0.1) is 0 Å². The Morgan fingerprint density at radius 3 is 2.50 bits per heavy atom. The maximum atomic E-state index is 11.1. The Hall–Kier alpha value is -1.85. The van der Waals surface area contributed by atoms with Crippen LogP contribution in [0.25, 0.3) is 0 Å². The molecule has 1 unspecified atom stereocenters. The third kappa shape index (κ3) is 3.59. The molecule has 0 aromatic heterocycles. The molecule has 1 aromatic rings. The highest BCUT2D eigenvalue weighted by Gasteiger charge is 2.28. The summed E-state index contributed by atoms with van der Waals surface area (Å²) in [5, 5.41) is 0. The zero-order valence-electron chi connectivity index (χ0n) is 11.5. The largest absolute Gasteiger partial charge is 0.497 e. The minimum atomic E-state index is -0.682. The monoisotopic (exact) mass is 278 g/mol. The summed E-state index contributed by atoms with van der Waals surface area (Å²) in [5.74, 6) is 1.39. The van der Waals surface area contributed by atoms with Gasteiger partial charge in [0.1, 0.15) is 11.5 Å². The molecule has 20 heavy (non-hydrogen) atoms. The molecule has 1 aliphatic heterocycles. The SMILES string of the molecule is CCOC1C=C[C@H](Oc2ccc(OC)cc2)[C@H](C=O)O1. The van der Waals surface area contributed by atoms with Gasteiger partial charge in [0, 0.05) is 6.61 Å². The zero-order chi connectivity index (χ0) is 14.4. The van der Waals surface area contributed by atoms with Gasteiger partial charge in [-0.3, -0.25) is 0 Å². The average molecular weight is 278 g/mol. The molecule has 0 saturated carbocycles. The van der Waals surface area contributed by atoms with Crippen molar-refractivity contribution >= 4 is 6.29 Å². The number of ether oxygens (including phenoxy) is 4. The number of rotatable bonds is 6. The van der Waals surface area contributed by atoms with Crippen LogP contribution >= 0.6 is 0 Å². The maximum Gasteiger partial charge on any atom is 0.178 e. The molecular weight excluding hydrogens is 260 g/mol. The highest BCUT2D eigenvalue weighted by molar-refractivity contribution is 5.58. The summed E-state index contributed by atoms with van der Waals surface area (Å²) < 4.78 is 21.6. The minimum Gasteiger partial charge on any atom is -0.497 e. The molecule has 1 heterocycles. The Balaban J connectivity index is 2.03. The van der Waals surface area contributed by atoms with Gasteiger partial charge in [-0.25, -0.2) is 0 Å². The van der Waals surface area contributed by atoms with Crippen LogP contribution in [0.4, 0.5) is 0 Å². The molecule has 0 fully saturated rings. The first-order chi connectivity index (χ1) is 9.76. The number of carbonyl (C=O) groups is 1. The highest BCUT2D eigenvalue weighted by Crippen LogP contribution is 2.22. The van der Waals surface area contributed by atoms with Gasteiger partial charge in [-0.05, 0) is 43.3 Å². The molecule has 0 amide bonds. The molecule has 5 heteroatoms. The lowest BCUT2D eigenvalue weighted by atomic mass is 10.1. The van der Waals surface area contributed by atoms with Gasteiger partial charge in [0.05, 0.1) is 7.11 Å². The van der Waals surface area contributed by atoms with E-state index < -0.39 is 18.5 Å². The molecule has 0 aliphatic carbocycles. The van der Waals surface area contributed by atoms with Crippen LogP contribution < -0.4 is 9.47 Å². The van der Waals surface area contributed by atoms with Crippen molar-refractivity contribution in [1.29, 1.82) is 0 Å². The van der Waals surface area contributed by atoms with Gasteiger partial charge in [-0.2, -0.15) is 0 Å². The van der Waals surface area contributed by atoms with Crippen molar-refractivity contribution in [2.24, 2.45) is 0 Å². The summed E-state index contributed by atoms with van der Waals surface area (Å²) >= 11 is 0. The number of carbonyl (C=O) groups excluding carboxylic acids is 1. The lowest BCUT2D eigenvalue weighted by molar-refractivity contribution is -0.167. The molecule has 0 bridgehead atoms. The molecule has 0 radical (unpaired) electrons. The van der Waals surface area contributed by atoms with E-state index in [9.17, 15) is 4.79 Å². The first kappa shape index (κ1) is 14.6. The van der Waals surface area contributed by atoms with E-state index in [2.05, 4.69) is 0 Å². The lowest BCUT2D eigenvalue weighted by Gasteiger charge is -2.29. The molecule has 0 spiro atoms. The van der Waals surface area contributed by atoms with Crippen LogP contribution in [0.2, 0.25) is 0 Å². The first-order valence-corrected chi connectivity index (χ1v) is 6.48. The second-order valence-electron chi connectivity index (χ2n) is 4.20. The predicted molar refractivity (Wildman–Crippen MR) is 72.9 cm³/mol. The van der Waals surface area contributed by atoms with E-state index in [0.29, 0.717) is 12.4 Å². The topological polar surface area (TPSA) is 54.0 Å². The maximum absolute atomic E-state index is 11.1. The summed E-state index contributed by atoms with van der Waals surface area (Å²) in [7, 11) is 1.60. The van der Waals surface area contributed by atoms with Gasteiger partial charge < -0.3 is 23.7 Å². The highest BCUT2D eigenvalue weighted by atomic mass is 16.7. The molecular formula is C15H18O5. The first-order valence-electron chi connectivity index (χ1n) is 6.48. The van der Waals surface area contributed by atoms with Gasteiger partial charge in [0.25, 0.3) is 0 Å². The zero-order valence-corrected chi connectivity index (χ0v) is 11.5. The quantitative estimate of drug-likeness (QED) is 0.588. The van der Waals surface area contributed by atoms with Crippen molar-refractivity contribution < 1.29 is 23.7 Å². The van der Waals surface area contributed by atoms with Crippen molar-refractivity contribution in [3.8, 4) is 11.5 Å². The van der Waals surface area contributed by atoms with E-state index in [1.165, 1.54) is 0 Å². The van der Waals surface area contributed by atoms with Gasteiger partial charge in [-0.1, -0.05) is 0 Å². The molecule has 0 N–H and O–H groups in total. The third-order valence-corrected chi connectivity index (χ3v) is 2.87. The number of hydrogen-bond acceptors (Lipinski definition) is 5. The third-order valence-electron chi connectivity index (χ3n) is 2.87. The molecule has 108 valence electrons. The summed E-state index contributed by atoms with van der Waals surface area (Å²) in [4.78, 5) is 11.1. The number of hydrogen-bond donors (Lipinski definition) is 0. The number of aldehydes is 1. The Bertz CT molecular complexity index is 454. The van der Waals surface area contributed by atoms with E-state index in [1.807, 2.05) is 6.92 Å². The van der Waals surface area contributed by atoms with E-state index in [0.717, 1.165) is 12.0 Å². The molecule has 5 nitrogen and oxygen atoms in total. The van der Waals surface area contributed by atoms with Gasteiger partial charge in [-0.15, -0.1) is 0 Å². The van der Waals surface area contributed by atoms with E-state index >= 15 is 0 Å². The Labute approximate surface area is 118 Å². The molecule has 3 atom stereocenters. The normalized spacial score (nSPS) is 25.2. The van der Waals surface area contributed by atoms with Crippen LogP contribution in [0.1, 0.15) is 6.92 Å². The summed E-state index contributed by atoms with van der Waals surface area (Å²) in [6, 6.07) is 7.15. The number of methoxy groups -OCH3 is 1. The predicted octanol–water partition coefficient (Wildman–Crippen LogP) is 1.96. The fourth-order valence-corrected chi connectivity index (χ4v) is 1.87. The van der Waals surface area contributed by atoms with Gasteiger partial charge in [0.2, 0.25) is 0 Å². The lowest BCUT2D eigenvalue weighted by Crippen LogP contribution is -2.40. The fourth-order valence-electron chi connectivity index (χ4n) is 1.87. The smallest absolute Gasteiger partial charge is 0.178 e. The summed E-state index contributed by atoms with van der Waals surface area (Å²) in [6.07, 6.45) is 2.62. The Kier molecular flexibility index (Phi) is 5.15. The minimum absolute atomic E-state index is 0.461. The summed E-state index contributed by atoms with van der Waals surface area (Å²) in [5.41, 5.74) is 0. The van der Waals surface area contributed by atoms with Crippen LogP contribution in [0.5, 0.6) is 11.5 Å². The van der Waals surface area contributed by atoms with Crippen LogP contribution in [-0.2, 0) is 14.3 Å². The van der Waals surface area contributed by atoms with E-state index in [4.69, 9.17) is 18.9 Å². The summed E-state index contributed by atoms with van der Waals surface area (Å²) in [6.45, 7) is 2.39. The second-order valence-corrected chi connectivity index (χ2v) is 4.20. The fraction of sp³-hybridized carbons (Fsp3) is 0.400. The van der Waals surface area contributed by atoms with Crippen molar-refractivity contribution in [3.05, 3.63) is 36.4 Å². The Morgan fingerprint density at radius 1 is 1.20 bits per heavy atom. The molecule has 0 saturated heterocycles. The van der Waals surface area contributed by atoms with Crippen LogP contribution in [-0.4, -0.2) is 38.5 Å². The number of benzene rings is 1. The second kappa shape index (κ2) is 7.07. The van der Waals surface area contributed by atoms with Crippen LogP contribution in [0.15, 0.2) is 36.4 Å². The standard InChI is InChI=1S/C15H18O5/c1-3-18-15-9-8-13(14(10-16)20-15)19-12-6-4-11(17-2)5-7-12/h4-10,13-15H,3H2,1-2H3/t13-,14-,15?/m0/s1. The Morgan fingerprint density at radius 2 is 1.90 bits per heavy atom. The van der Waals surface area contributed by atoms with Crippen molar-refractivity contribution in [2.45, 2.75) is 25.4 Å². The van der Waals surface area contributed by atoms with E-state index in [1.54, 1.807) is 43.5 Å². The molecule has 2 rings (SSSR count). The van der Waals surface area contributed by atoms with Crippen molar-refractivity contribution in [2.75, 3.05) is 13.7 Å². The van der Waals surface area contributed by atoms with Gasteiger partial charge >= 0.3 is 0 Å². The average Bonchev–Trinajstić information content (AvgIpc) is 2.50. The van der Waals surface area contributed by atoms with Crippen LogP contribution in [0.3, 0.4) is 0 Å². The van der Waals surface area contributed by atoms with Crippen molar-refractivity contribution in [1.82, 2.24) is 0 Å².